The molecule has 0 spiro atoms. The minimum Gasteiger partial charge on any atom is -0.508 e. The number of piperazine rings is 1. The first-order valence-corrected chi connectivity index (χ1v) is 5.96. The number of hydrogen-bond donors (Lipinski definition) is 1. The topological polar surface area (TPSA) is 26.7 Å². The summed E-state index contributed by atoms with van der Waals surface area (Å²) in [7, 11) is 2.16. The SMILES string of the molecule is CCc1cc(O)ccc1N1CCN(C)CC1. The summed E-state index contributed by atoms with van der Waals surface area (Å²) in [6.45, 7) is 6.52. The lowest BCUT2D eigenvalue weighted by atomic mass is 10.1. The largest absolute Gasteiger partial charge is 0.508 e. The zero-order valence-corrected chi connectivity index (χ0v) is 10.1. The van der Waals surface area contributed by atoms with Crippen LogP contribution < -0.4 is 4.90 Å². The number of aromatic hydroxyl groups is 1. The number of benzene rings is 1. The van der Waals surface area contributed by atoms with E-state index >= 15 is 0 Å². The van der Waals surface area contributed by atoms with E-state index < -0.39 is 0 Å². The van der Waals surface area contributed by atoms with Gasteiger partial charge in [-0.2, -0.15) is 0 Å². The van der Waals surface area contributed by atoms with Crippen LogP contribution in [0.25, 0.3) is 0 Å². The van der Waals surface area contributed by atoms with Crippen LogP contribution in [0.4, 0.5) is 5.69 Å². The Hall–Kier alpha value is -1.22. The second-order valence-electron chi connectivity index (χ2n) is 4.46. The van der Waals surface area contributed by atoms with Crippen molar-refractivity contribution in [3.05, 3.63) is 23.8 Å². The van der Waals surface area contributed by atoms with Crippen LogP contribution in [-0.2, 0) is 6.42 Å². The molecular weight excluding hydrogens is 200 g/mol. The average molecular weight is 220 g/mol. The molecule has 3 nitrogen and oxygen atoms in total. The maximum absolute atomic E-state index is 9.48. The van der Waals surface area contributed by atoms with Crippen molar-refractivity contribution < 1.29 is 5.11 Å². The summed E-state index contributed by atoms with van der Waals surface area (Å²) in [4.78, 5) is 4.76. The molecule has 0 radical (unpaired) electrons. The molecule has 0 atom stereocenters. The van der Waals surface area contributed by atoms with E-state index in [1.165, 1.54) is 11.3 Å². The van der Waals surface area contributed by atoms with E-state index in [0.717, 1.165) is 32.6 Å². The van der Waals surface area contributed by atoms with Gasteiger partial charge in [-0.05, 0) is 37.2 Å². The van der Waals surface area contributed by atoms with Gasteiger partial charge in [0.2, 0.25) is 0 Å². The van der Waals surface area contributed by atoms with Crippen molar-refractivity contribution >= 4 is 5.69 Å². The fourth-order valence-corrected chi connectivity index (χ4v) is 2.21. The number of phenols is 1. The molecule has 1 aromatic carbocycles. The van der Waals surface area contributed by atoms with Crippen LogP contribution in [0.1, 0.15) is 12.5 Å². The summed E-state index contributed by atoms with van der Waals surface area (Å²) in [5, 5.41) is 9.48. The number of hydrogen-bond acceptors (Lipinski definition) is 3. The van der Waals surface area contributed by atoms with Gasteiger partial charge in [-0.3, -0.25) is 0 Å². The Bertz CT molecular complexity index is 357. The molecule has 1 aromatic rings. The van der Waals surface area contributed by atoms with Crippen LogP contribution in [0.15, 0.2) is 18.2 Å². The Morgan fingerprint density at radius 2 is 1.88 bits per heavy atom. The first-order valence-electron chi connectivity index (χ1n) is 5.96. The van der Waals surface area contributed by atoms with Gasteiger partial charge in [-0.15, -0.1) is 0 Å². The molecule has 0 aromatic heterocycles. The molecule has 16 heavy (non-hydrogen) atoms. The van der Waals surface area contributed by atoms with Crippen molar-refractivity contribution in [1.29, 1.82) is 0 Å². The second kappa shape index (κ2) is 4.74. The van der Waals surface area contributed by atoms with E-state index in [9.17, 15) is 5.11 Å². The van der Waals surface area contributed by atoms with Gasteiger partial charge in [0.15, 0.2) is 0 Å². The summed E-state index contributed by atoms with van der Waals surface area (Å²) in [5.74, 6) is 0.370. The first-order chi connectivity index (χ1) is 7.70. The normalized spacial score (nSPS) is 17.8. The average Bonchev–Trinajstić information content (AvgIpc) is 2.30. The van der Waals surface area contributed by atoms with Crippen LogP contribution in [0.2, 0.25) is 0 Å². The van der Waals surface area contributed by atoms with Crippen molar-refractivity contribution in [1.82, 2.24) is 4.90 Å². The first kappa shape index (κ1) is 11.3. The predicted octanol–water partition coefficient (Wildman–Crippen LogP) is 1.71. The molecule has 3 heteroatoms. The minimum absolute atomic E-state index is 0.370. The molecule has 1 saturated heterocycles. The molecule has 0 unspecified atom stereocenters. The Labute approximate surface area is 97.3 Å². The molecule has 0 saturated carbocycles. The lowest BCUT2D eigenvalue weighted by Gasteiger charge is -2.35. The highest BCUT2D eigenvalue weighted by Gasteiger charge is 2.16. The van der Waals surface area contributed by atoms with E-state index in [-0.39, 0.29) is 0 Å². The predicted molar refractivity (Wildman–Crippen MR) is 67.2 cm³/mol. The zero-order valence-electron chi connectivity index (χ0n) is 10.1. The van der Waals surface area contributed by atoms with Gasteiger partial charge in [0.1, 0.15) is 5.75 Å². The molecule has 1 heterocycles. The van der Waals surface area contributed by atoms with Crippen LogP contribution in [-0.4, -0.2) is 43.2 Å². The second-order valence-corrected chi connectivity index (χ2v) is 4.46. The van der Waals surface area contributed by atoms with Crippen molar-refractivity contribution in [3.63, 3.8) is 0 Å². The fraction of sp³-hybridized carbons (Fsp3) is 0.538. The molecule has 0 bridgehead atoms. The van der Waals surface area contributed by atoms with Crippen LogP contribution in [0.5, 0.6) is 5.75 Å². The third kappa shape index (κ3) is 2.30. The molecule has 1 fully saturated rings. The smallest absolute Gasteiger partial charge is 0.116 e. The lowest BCUT2D eigenvalue weighted by Crippen LogP contribution is -2.44. The quantitative estimate of drug-likeness (QED) is 0.822. The molecule has 0 aliphatic carbocycles. The molecular formula is C13H20N2O. The Morgan fingerprint density at radius 3 is 2.50 bits per heavy atom. The van der Waals surface area contributed by atoms with Gasteiger partial charge < -0.3 is 14.9 Å². The van der Waals surface area contributed by atoms with Crippen molar-refractivity contribution in [3.8, 4) is 5.75 Å². The van der Waals surface area contributed by atoms with Gasteiger partial charge in [0, 0.05) is 31.9 Å². The number of phenolic OH excluding ortho intramolecular Hbond substituents is 1. The molecule has 88 valence electrons. The van der Waals surface area contributed by atoms with Crippen LogP contribution >= 0.6 is 0 Å². The van der Waals surface area contributed by atoms with Crippen LogP contribution in [0.3, 0.4) is 0 Å². The van der Waals surface area contributed by atoms with Crippen molar-refractivity contribution in [2.75, 3.05) is 38.1 Å². The number of anilines is 1. The standard InChI is InChI=1S/C13H20N2O/c1-3-11-10-12(16)4-5-13(11)15-8-6-14(2)7-9-15/h4-5,10,16H,3,6-9H2,1-2H3. The van der Waals surface area contributed by atoms with Gasteiger partial charge in [-0.25, -0.2) is 0 Å². The van der Waals surface area contributed by atoms with E-state index in [0.29, 0.717) is 5.75 Å². The van der Waals surface area contributed by atoms with Crippen molar-refractivity contribution in [2.45, 2.75) is 13.3 Å². The van der Waals surface area contributed by atoms with Gasteiger partial charge in [-0.1, -0.05) is 6.92 Å². The molecule has 1 N–H and O–H groups in total. The maximum atomic E-state index is 9.48. The molecule has 2 rings (SSSR count). The zero-order chi connectivity index (χ0) is 11.5. The number of likely N-dealkylation sites (N-methyl/N-ethyl adjacent to an activating group) is 1. The highest BCUT2D eigenvalue weighted by Crippen LogP contribution is 2.26. The van der Waals surface area contributed by atoms with Gasteiger partial charge >= 0.3 is 0 Å². The minimum atomic E-state index is 0.370. The summed E-state index contributed by atoms with van der Waals surface area (Å²) >= 11 is 0. The van der Waals surface area contributed by atoms with Crippen molar-refractivity contribution in [2.24, 2.45) is 0 Å². The monoisotopic (exact) mass is 220 g/mol. The number of nitrogens with zero attached hydrogens (tertiary/aromatic N) is 2. The fourth-order valence-electron chi connectivity index (χ4n) is 2.21. The Balaban J connectivity index is 2.19. The van der Waals surface area contributed by atoms with E-state index in [1.807, 2.05) is 12.1 Å². The summed E-state index contributed by atoms with van der Waals surface area (Å²) in [6.07, 6.45) is 0.968. The highest BCUT2D eigenvalue weighted by atomic mass is 16.3. The number of aryl methyl sites for hydroxylation is 1. The third-order valence-corrected chi connectivity index (χ3v) is 3.29. The van der Waals surface area contributed by atoms with Gasteiger partial charge in [0.25, 0.3) is 0 Å². The lowest BCUT2D eigenvalue weighted by molar-refractivity contribution is 0.312. The number of rotatable bonds is 2. The Kier molecular flexibility index (Phi) is 3.34. The molecule has 1 aliphatic rings. The maximum Gasteiger partial charge on any atom is 0.116 e. The van der Waals surface area contributed by atoms with Gasteiger partial charge in [0.05, 0.1) is 0 Å². The van der Waals surface area contributed by atoms with Crippen LogP contribution in [0, 0.1) is 0 Å². The highest BCUT2D eigenvalue weighted by molar-refractivity contribution is 5.56. The van der Waals surface area contributed by atoms with E-state index in [4.69, 9.17) is 0 Å². The third-order valence-electron chi connectivity index (χ3n) is 3.29. The summed E-state index contributed by atoms with van der Waals surface area (Å²) < 4.78 is 0. The Morgan fingerprint density at radius 1 is 1.19 bits per heavy atom. The summed E-state index contributed by atoms with van der Waals surface area (Å²) in [5.41, 5.74) is 2.53. The van der Waals surface area contributed by atoms with E-state index in [2.05, 4.69) is 23.8 Å². The molecule has 0 amide bonds. The van der Waals surface area contributed by atoms with E-state index in [1.54, 1.807) is 6.07 Å². The summed E-state index contributed by atoms with van der Waals surface area (Å²) in [6, 6.07) is 5.71. The molecule has 1 aliphatic heterocycles.